The Balaban J connectivity index is 1.21. The lowest BCUT2D eigenvalue weighted by atomic mass is 10.1. The highest BCUT2D eigenvalue weighted by Gasteiger charge is 2.08. The summed E-state index contributed by atoms with van der Waals surface area (Å²) in [6, 6.07) is 22.1. The van der Waals surface area contributed by atoms with Crippen molar-refractivity contribution in [3.8, 4) is 27.7 Å². The SMILES string of the molecule is OC(CNCCc1ccccc1)COc1ccc(-c2ncc(-c3cccs3)[nH]2)cc1. The molecule has 0 saturated carbocycles. The standard InChI is InChI=1S/C24H25N3O2S/c28-20(15-25-13-12-18-5-2-1-3-6-18)17-29-21-10-8-19(9-11-21)24-26-16-22(27-24)23-7-4-14-30-23/h1-11,14,16,20,25,28H,12-13,15,17H2,(H,26,27). The van der Waals surface area contributed by atoms with Crippen molar-refractivity contribution in [3.05, 3.63) is 83.9 Å². The smallest absolute Gasteiger partial charge is 0.137 e. The quantitative estimate of drug-likeness (QED) is 0.334. The summed E-state index contributed by atoms with van der Waals surface area (Å²) in [7, 11) is 0. The molecule has 2 heterocycles. The minimum absolute atomic E-state index is 0.251. The van der Waals surface area contributed by atoms with Crippen molar-refractivity contribution in [1.29, 1.82) is 0 Å². The molecule has 1 unspecified atom stereocenters. The van der Waals surface area contributed by atoms with Gasteiger partial charge in [-0.3, -0.25) is 0 Å². The number of hydrogen-bond donors (Lipinski definition) is 3. The minimum atomic E-state index is -0.557. The van der Waals surface area contributed by atoms with Gasteiger partial charge in [0, 0.05) is 12.1 Å². The first-order valence-electron chi connectivity index (χ1n) is 10.0. The van der Waals surface area contributed by atoms with E-state index in [0.717, 1.165) is 35.8 Å². The Hall–Kier alpha value is -2.93. The highest BCUT2D eigenvalue weighted by Crippen LogP contribution is 2.26. The van der Waals surface area contributed by atoms with Crippen LogP contribution in [0.1, 0.15) is 5.56 Å². The van der Waals surface area contributed by atoms with Gasteiger partial charge in [0.1, 0.15) is 24.3 Å². The maximum Gasteiger partial charge on any atom is 0.137 e. The molecule has 0 spiro atoms. The van der Waals surface area contributed by atoms with Gasteiger partial charge in [0.2, 0.25) is 0 Å². The number of aliphatic hydroxyl groups is 1. The van der Waals surface area contributed by atoms with Crippen LogP contribution in [0.3, 0.4) is 0 Å². The van der Waals surface area contributed by atoms with Gasteiger partial charge in [0.15, 0.2) is 0 Å². The molecule has 4 rings (SSSR count). The van der Waals surface area contributed by atoms with Crippen LogP contribution in [0.2, 0.25) is 0 Å². The van der Waals surface area contributed by atoms with Crippen LogP contribution in [-0.2, 0) is 6.42 Å². The molecule has 30 heavy (non-hydrogen) atoms. The fourth-order valence-electron chi connectivity index (χ4n) is 3.13. The Morgan fingerprint density at radius 2 is 1.87 bits per heavy atom. The number of ether oxygens (including phenoxy) is 1. The van der Waals surface area contributed by atoms with Gasteiger partial charge < -0.3 is 20.1 Å². The summed E-state index contributed by atoms with van der Waals surface area (Å²) in [5.74, 6) is 1.56. The second-order valence-corrected chi connectivity index (χ2v) is 8.00. The van der Waals surface area contributed by atoms with Crippen molar-refractivity contribution >= 4 is 11.3 Å². The number of aromatic amines is 1. The molecule has 0 aliphatic heterocycles. The van der Waals surface area contributed by atoms with Crippen molar-refractivity contribution in [2.45, 2.75) is 12.5 Å². The average Bonchev–Trinajstić information content (AvgIpc) is 3.48. The zero-order valence-electron chi connectivity index (χ0n) is 16.6. The van der Waals surface area contributed by atoms with Gasteiger partial charge in [-0.05, 0) is 54.2 Å². The Morgan fingerprint density at radius 1 is 1.03 bits per heavy atom. The summed E-state index contributed by atoms with van der Waals surface area (Å²) < 4.78 is 5.72. The normalized spacial score (nSPS) is 12.0. The van der Waals surface area contributed by atoms with Gasteiger partial charge >= 0.3 is 0 Å². The van der Waals surface area contributed by atoms with E-state index in [1.54, 1.807) is 11.3 Å². The molecular weight excluding hydrogens is 394 g/mol. The van der Waals surface area contributed by atoms with Crippen molar-refractivity contribution in [3.63, 3.8) is 0 Å². The molecule has 5 nitrogen and oxygen atoms in total. The molecule has 6 heteroatoms. The van der Waals surface area contributed by atoms with E-state index in [-0.39, 0.29) is 6.61 Å². The Morgan fingerprint density at radius 3 is 2.63 bits per heavy atom. The van der Waals surface area contributed by atoms with Crippen molar-refractivity contribution in [1.82, 2.24) is 15.3 Å². The van der Waals surface area contributed by atoms with E-state index in [4.69, 9.17) is 4.74 Å². The molecule has 154 valence electrons. The van der Waals surface area contributed by atoms with E-state index in [1.165, 1.54) is 10.4 Å². The summed E-state index contributed by atoms with van der Waals surface area (Å²) in [6.45, 7) is 1.58. The molecule has 1 atom stereocenters. The minimum Gasteiger partial charge on any atom is -0.491 e. The van der Waals surface area contributed by atoms with Crippen LogP contribution >= 0.6 is 11.3 Å². The Kier molecular flexibility index (Phi) is 6.92. The molecule has 0 aliphatic carbocycles. The fourth-order valence-corrected chi connectivity index (χ4v) is 3.82. The second-order valence-electron chi connectivity index (χ2n) is 7.05. The van der Waals surface area contributed by atoms with Gasteiger partial charge in [-0.15, -0.1) is 11.3 Å². The maximum atomic E-state index is 10.1. The predicted octanol–water partition coefficient (Wildman–Crippen LogP) is 4.38. The zero-order chi connectivity index (χ0) is 20.6. The molecule has 0 saturated heterocycles. The molecule has 0 fully saturated rings. The first kappa shape index (κ1) is 20.3. The third-order valence-corrected chi connectivity index (χ3v) is 5.65. The molecule has 0 amide bonds. The number of aromatic nitrogens is 2. The van der Waals surface area contributed by atoms with E-state index in [1.807, 2.05) is 54.7 Å². The number of aliphatic hydroxyl groups excluding tert-OH is 1. The van der Waals surface area contributed by atoms with Crippen molar-refractivity contribution in [2.24, 2.45) is 0 Å². The molecule has 2 aromatic heterocycles. The number of nitrogens with zero attached hydrogens (tertiary/aromatic N) is 1. The lowest BCUT2D eigenvalue weighted by molar-refractivity contribution is 0.106. The molecule has 0 bridgehead atoms. The second kappa shape index (κ2) is 10.2. The van der Waals surface area contributed by atoms with Crippen LogP contribution in [-0.4, -0.2) is 40.9 Å². The average molecular weight is 420 g/mol. The van der Waals surface area contributed by atoms with Gasteiger partial charge in [0.25, 0.3) is 0 Å². The molecule has 2 aromatic carbocycles. The highest BCUT2D eigenvalue weighted by atomic mass is 32.1. The Bertz CT molecular complexity index is 1010. The zero-order valence-corrected chi connectivity index (χ0v) is 17.4. The van der Waals surface area contributed by atoms with Gasteiger partial charge in [-0.1, -0.05) is 36.4 Å². The van der Waals surface area contributed by atoms with Crippen LogP contribution in [0.4, 0.5) is 0 Å². The monoisotopic (exact) mass is 419 g/mol. The Labute approximate surface area is 180 Å². The number of benzene rings is 2. The highest BCUT2D eigenvalue weighted by molar-refractivity contribution is 7.13. The van der Waals surface area contributed by atoms with Crippen LogP contribution in [0.25, 0.3) is 22.0 Å². The third-order valence-electron chi connectivity index (χ3n) is 4.75. The largest absolute Gasteiger partial charge is 0.491 e. The number of nitrogens with one attached hydrogen (secondary N) is 2. The number of imidazole rings is 1. The van der Waals surface area contributed by atoms with Gasteiger partial charge in [-0.2, -0.15) is 0 Å². The van der Waals surface area contributed by atoms with Crippen molar-refractivity contribution < 1.29 is 9.84 Å². The molecular formula is C24H25N3O2S. The summed E-state index contributed by atoms with van der Waals surface area (Å²) in [5, 5.41) is 15.5. The number of hydrogen-bond acceptors (Lipinski definition) is 5. The first-order chi connectivity index (χ1) is 14.8. The first-order valence-corrected chi connectivity index (χ1v) is 10.9. The van der Waals surface area contributed by atoms with E-state index < -0.39 is 6.10 Å². The van der Waals surface area contributed by atoms with E-state index in [2.05, 4.69) is 38.9 Å². The van der Waals surface area contributed by atoms with Crippen LogP contribution in [0.15, 0.2) is 78.3 Å². The lowest BCUT2D eigenvalue weighted by Crippen LogP contribution is -2.32. The molecule has 0 radical (unpaired) electrons. The molecule has 0 aliphatic rings. The third kappa shape index (κ3) is 5.57. The number of thiophene rings is 1. The summed E-state index contributed by atoms with van der Waals surface area (Å²) >= 11 is 1.68. The van der Waals surface area contributed by atoms with Crippen LogP contribution < -0.4 is 10.1 Å². The van der Waals surface area contributed by atoms with Crippen LogP contribution in [0.5, 0.6) is 5.75 Å². The maximum absolute atomic E-state index is 10.1. The molecule has 4 aromatic rings. The predicted molar refractivity (Wildman–Crippen MR) is 122 cm³/mol. The number of H-pyrrole nitrogens is 1. The summed E-state index contributed by atoms with van der Waals surface area (Å²) in [5.41, 5.74) is 3.30. The summed E-state index contributed by atoms with van der Waals surface area (Å²) in [4.78, 5) is 8.99. The van der Waals surface area contributed by atoms with Crippen LogP contribution in [0, 0.1) is 0 Å². The summed E-state index contributed by atoms with van der Waals surface area (Å²) in [6.07, 6.45) is 2.24. The molecule has 3 N–H and O–H groups in total. The number of rotatable bonds is 10. The van der Waals surface area contributed by atoms with Gasteiger partial charge in [-0.25, -0.2) is 4.98 Å². The van der Waals surface area contributed by atoms with Gasteiger partial charge in [0.05, 0.1) is 16.8 Å². The van der Waals surface area contributed by atoms with E-state index in [9.17, 15) is 5.11 Å². The fraction of sp³-hybridized carbons (Fsp3) is 0.208. The lowest BCUT2D eigenvalue weighted by Gasteiger charge is -2.13. The van der Waals surface area contributed by atoms with Crippen molar-refractivity contribution in [2.75, 3.05) is 19.7 Å². The van der Waals surface area contributed by atoms with E-state index >= 15 is 0 Å². The van der Waals surface area contributed by atoms with E-state index in [0.29, 0.717) is 6.54 Å². The topological polar surface area (TPSA) is 70.2 Å².